The first-order chi connectivity index (χ1) is 10.1. The first kappa shape index (κ1) is 15.2. The van der Waals surface area contributed by atoms with Gasteiger partial charge in [-0.05, 0) is 36.8 Å². The van der Waals surface area contributed by atoms with Gasteiger partial charge in [-0.3, -0.25) is 4.79 Å². The summed E-state index contributed by atoms with van der Waals surface area (Å²) in [6.45, 7) is 1.84. The van der Waals surface area contributed by atoms with Crippen molar-refractivity contribution in [3.05, 3.63) is 51.5 Å². The van der Waals surface area contributed by atoms with Gasteiger partial charge in [0.25, 0.3) is 5.91 Å². The number of halogens is 1. The predicted molar refractivity (Wildman–Crippen MR) is 82.0 cm³/mol. The molecule has 0 radical (unpaired) electrons. The Hall–Kier alpha value is -2.16. The average molecular weight is 303 g/mol. The van der Waals surface area contributed by atoms with Gasteiger partial charge in [0.15, 0.2) is 0 Å². The molecule has 2 N–H and O–H groups in total. The van der Waals surface area contributed by atoms with Gasteiger partial charge >= 0.3 is 0 Å². The second kappa shape index (κ2) is 7.02. The summed E-state index contributed by atoms with van der Waals surface area (Å²) in [4.78, 5) is 13.3. The van der Waals surface area contributed by atoms with E-state index in [2.05, 4.69) is 17.2 Å². The summed E-state index contributed by atoms with van der Waals surface area (Å²) in [5, 5.41) is 11.2. The van der Waals surface area contributed by atoms with E-state index in [0.717, 1.165) is 10.4 Å². The molecule has 2 rings (SSSR count). The Balaban J connectivity index is 2.11. The number of aliphatic hydroxyl groups is 1. The minimum Gasteiger partial charge on any atom is -0.395 e. The summed E-state index contributed by atoms with van der Waals surface area (Å²) in [6.07, 6.45) is 0.397. The summed E-state index contributed by atoms with van der Waals surface area (Å²) in [5.41, 5.74) is 1.04. The van der Waals surface area contributed by atoms with Gasteiger partial charge in [0.2, 0.25) is 0 Å². The van der Waals surface area contributed by atoms with Crippen LogP contribution in [-0.2, 0) is 0 Å². The largest absolute Gasteiger partial charge is 0.395 e. The van der Waals surface area contributed by atoms with Crippen LogP contribution in [-0.4, -0.2) is 17.6 Å². The van der Waals surface area contributed by atoms with Crippen molar-refractivity contribution >= 4 is 22.9 Å². The average Bonchev–Trinajstić information content (AvgIpc) is 2.92. The SMILES string of the molecule is Cc1ccc(F)c(NC(=O)c2ccc(C#CCCO)s2)c1. The predicted octanol–water partition coefficient (Wildman–Crippen LogP) is 3.18. The van der Waals surface area contributed by atoms with Crippen LogP contribution in [0.3, 0.4) is 0 Å². The lowest BCUT2D eigenvalue weighted by Gasteiger charge is -2.05. The van der Waals surface area contributed by atoms with E-state index in [9.17, 15) is 9.18 Å². The van der Waals surface area contributed by atoms with Crippen LogP contribution in [0.1, 0.15) is 26.5 Å². The van der Waals surface area contributed by atoms with Gasteiger partial charge in [0.1, 0.15) is 5.82 Å². The Morgan fingerprint density at radius 1 is 1.38 bits per heavy atom. The van der Waals surface area contributed by atoms with Crippen molar-refractivity contribution < 1.29 is 14.3 Å². The van der Waals surface area contributed by atoms with Gasteiger partial charge in [-0.2, -0.15) is 0 Å². The highest BCUT2D eigenvalue weighted by Crippen LogP contribution is 2.20. The van der Waals surface area contributed by atoms with Gasteiger partial charge in [0.05, 0.1) is 22.0 Å². The Morgan fingerprint density at radius 3 is 2.95 bits per heavy atom. The van der Waals surface area contributed by atoms with E-state index in [1.165, 1.54) is 17.4 Å². The molecule has 21 heavy (non-hydrogen) atoms. The van der Waals surface area contributed by atoms with Crippen LogP contribution >= 0.6 is 11.3 Å². The maximum absolute atomic E-state index is 13.6. The molecule has 108 valence electrons. The molecule has 1 aromatic heterocycles. The monoisotopic (exact) mass is 303 g/mol. The minimum atomic E-state index is -0.464. The van der Waals surface area contributed by atoms with Crippen LogP contribution in [0.4, 0.5) is 10.1 Å². The lowest BCUT2D eigenvalue weighted by Crippen LogP contribution is -2.11. The molecule has 3 nitrogen and oxygen atoms in total. The fraction of sp³-hybridized carbons (Fsp3) is 0.188. The first-order valence-electron chi connectivity index (χ1n) is 6.37. The molecule has 0 atom stereocenters. The molecule has 2 aromatic rings. The zero-order chi connectivity index (χ0) is 15.2. The summed E-state index contributed by atoms with van der Waals surface area (Å²) in [7, 11) is 0. The van der Waals surface area contributed by atoms with Gasteiger partial charge in [-0.15, -0.1) is 11.3 Å². The molecule has 0 unspecified atom stereocenters. The number of hydrogen-bond donors (Lipinski definition) is 2. The topological polar surface area (TPSA) is 49.3 Å². The molecule has 0 saturated carbocycles. The molecule has 1 aromatic carbocycles. The molecule has 0 bridgehead atoms. The molecule has 0 spiro atoms. The quantitative estimate of drug-likeness (QED) is 0.856. The van der Waals surface area contributed by atoms with E-state index < -0.39 is 5.82 Å². The third kappa shape index (κ3) is 4.15. The van der Waals surface area contributed by atoms with Crippen LogP contribution < -0.4 is 5.32 Å². The zero-order valence-electron chi connectivity index (χ0n) is 11.4. The molecule has 1 amide bonds. The molecule has 0 fully saturated rings. The van der Waals surface area contributed by atoms with Gasteiger partial charge < -0.3 is 10.4 Å². The van der Waals surface area contributed by atoms with Crippen molar-refractivity contribution in [2.75, 3.05) is 11.9 Å². The molecular weight excluding hydrogens is 289 g/mol. The molecule has 1 heterocycles. The van der Waals surface area contributed by atoms with Gasteiger partial charge in [-0.25, -0.2) is 4.39 Å². The van der Waals surface area contributed by atoms with Crippen molar-refractivity contribution in [2.45, 2.75) is 13.3 Å². The van der Waals surface area contributed by atoms with Crippen LogP contribution in [0, 0.1) is 24.6 Å². The Labute approximate surface area is 126 Å². The first-order valence-corrected chi connectivity index (χ1v) is 7.19. The van der Waals surface area contributed by atoms with Crippen LogP contribution in [0.2, 0.25) is 0 Å². The highest BCUT2D eigenvalue weighted by Gasteiger charge is 2.11. The number of benzene rings is 1. The van der Waals surface area contributed by atoms with Gasteiger partial charge in [-0.1, -0.05) is 17.9 Å². The lowest BCUT2D eigenvalue weighted by molar-refractivity contribution is 0.103. The van der Waals surface area contributed by atoms with Crippen LogP contribution in [0.15, 0.2) is 30.3 Å². The summed E-state index contributed by atoms with van der Waals surface area (Å²) in [6, 6.07) is 7.94. The van der Waals surface area contributed by atoms with Crippen molar-refractivity contribution in [2.24, 2.45) is 0 Å². The van der Waals surface area contributed by atoms with E-state index >= 15 is 0 Å². The number of amides is 1. The number of aryl methyl sites for hydroxylation is 1. The van der Waals surface area contributed by atoms with Crippen molar-refractivity contribution in [3.8, 4) is 11.8 Å². The normalized spacial score (nSPS) is 9.86. The Morgan fingerprint density at radius 2 is 2.19 bits per heavy atom. The molecule has 0 saturated heterocycles. The number of hydrogen-bond acceptors (Lipinski definition) is 3. The zero-order valence-corrected chi connectivity index (χ0v) is 12.3. The third-order valence-electron chi connectivity index (χ3n) is 2.65. The Kier molecular flexibility index (Phi) is 5.09. The van der Waals surface area contributed by atoms with Crippen molar-refractivity contribution in [3.63, 3.8) is 0 Å². The van der Waals surface area contributed by atoms with E-state index in [1.54, 1.807) is 24.3 Å². The smallest absolute Gasteiger partial charge is 0.265 e. The maximum Gasteiger partial charge on any atom is 0.265 e. The van der Waals surface area contributed by atoms with E-state index in [1.807, 2.05) is 6.92 Å². The molecule has 5 heteroatoms. The van der Waals surface area contributed by atoms with Crippen LogP contribution in [0.5, 0.6) is 0 Å². The maximum atomic E-state index is 13.6. The van der Waals surface area contributed by atoms with E-state index in [0.29, 0.717) is 11.3 Å². The van der Waals surface area contributed by atoms with Gasteiger partial charge in [0, 0.05) is 6.42 Å². The minimum absolute atomic E-state index is 0.0123. The number of anilines is 1. The number of nitrogens with one attached hydrogen (secondary N) is 1. The highest BCUT2D eigenvalue weighted by molar-refractivity contribution is 7.14. The third-order valence-corrected chi connectivity index (χ3v) is 3.65. The second-order valence-corrected chi connectivity index (χ2v) is 5.46. The number of carbonyl (C=O) groups is 1. The molecule has 0 aliphatic rings. The summed E-state index contributed by atoms with van der Waals surface area (Å²) in [5.74, 6) is 4.82. The fourth-order valence-electron chi connectivity index (χ4n) is 1.65. The van der Waals surface area contributed by atoms with Crippen molar-refractivity contribution in [1.29, 1.82) is 0 Å². The second-order valence-electron chi connectivity index (χ2n) is 4.38. The lowest BCUT2D eigenvalue weighted by atomic mass is 10.2. The standard InChI is InChI=1S/C16H14FNO2S/c1-11-5-7-13(17)14(10-11)18-16(20)15-8-6-12(21-15)4-2-3-9-19/h5-8,10,19H,3,9H2,1H3,(H,18,20). The number of thiophene rings is 1. The molecule has 0 aliphatic heterocycles. The number of carbonyl (C=O) groups excluding carboxylic acids is 1. The summed E-state index contributed by atoms with van der Waals surface area (Å²) >= 11 is 1.23. The number of rotatable bonds is 3. The molecule has 0 aliphatic carbocycles. The highest BCUT2D eigenvalue weighted by atomic mass is 32.1. The molecular formula is C16H14FNO2S. The van der Waals surface area contributed by atoms with E-state index in [4.69, 9.17) is 5.11 Å². The summed E-state index contributed by atoms with van der Waals surface area (Å²) < 4.78 is 13.6. The van der Waals surface area contributed by atoms with Crippen LogP contribution in [0.25, 0.3) is 0 Å². The van der Waals surface area contributed by atoms with Crippen molar-refractivity contribution in [1.82, 2.24) is 0 Å². The fourth-order valence-corrected chi connectivity index (χ4v) is 2.43. The Bertz CT molecular complexity index is 713. The van der Waals surface area contributed by atoms with E-state index in [-0.39, 0.29) is 18.2 Å². The number of aliphatic hydroxyl groups excluding tert-OH is 1.